The Hall–Kier alpha value is -0.817. The molecule has 0 aliphatic heterocycles. The molecule has 0 aliphatic carbocycles. The molecule has 0 spiro atoms. The fraction of sp³-hybridized carbons (Fsp3) is 0.0714. The van der Waals surface area contributed by atoms with Gasteiger partial charge >= 0.3 is 130 Å². The van der Waals surface area contributed by atoms with E-state index in [2.05, 4.69) is 22.6 Å². The summed E-state index contributed by atoms with van der Waals surface area (Å²) in [5, 5.41) is 0. The van der Waals surface area contributed by atoms with Crippen LogP contribution < -0.4 is 9.30 Å². The van der Waals surface area contributed by atoms with Gasteiger partial charge in [-0.2, -0.15) is 0 Å². The van der Waals surface area contributed by atoms with Crippen molar-refractivity contribution in [2.75, 3.05) is 11.9 Å². The van der Waals surface area contributed by atoms with Gasteiger partial charge in [0, 0.05) is 0 Å². The van der Waals surface area contributed by atoms with Crippen LogP contribution in [-0.2, 0) is 0 Å². The molecule has 1 amide bonds. The first-order valence-electron chi connectivity index (χ1n) is 5.43. The second-order valence-corrected chi connectivity index (χ2v) is 6.37. The van der Waals surface area contributed by atoms with Gasteiger partial charge in [-0.25, -0.2) is 0 Å². The zero-order chi connectivity index (χ0) is 13.1. The molecule has 3 radical (unpaired) electrons. The number of amides is 1. The molecule has 0 aromatic heterocycles. The first-order valence-corrected chi connectivity index (χ1v) is 7.56. The van der Waals surface area contributed by atoms with E-state index in [9.17, 15) is 4.79 Å². The fourth-order valence-electron chi connectivity index (χ4n) is 1.59. The van der Waals surface area contributed by atoms with E-state index in [1.54, 1.807) is 11.9 Å². The van der Waals surface area contributed by atoms with Crippen molar-refractivity contribution in [3.8, 4) is 0 Å². The quantitative estimate of drug-likeness (QED) is 0.552. The molecule has 0 bridgehead atoms. The Morgan fingerprint density at radius 1 is 1.06 bits per heavy atom. The van der Waals surface area contributed by atoms with Crippen LogP contribution in [0.4, 0.5) is 5.69 Å². The summed E-state index contributed by atoms with van der Waals surface area (Å²) >= 11 is 4.26. The SMILES string of the molecule is CN(C(=O)c1ccc(I)cc1)c1cc[c]([Ge])cc1. The number of hydrogen-bond donors (Lipinski definition) is 0. The summed E-state index contributed by atoms with van der Waals surface area (Å²) in [6, 6.07) is 15.5. The average molecular weight is 409 g/mol. The first kappa shape index (κ1) is 13.6. The van der Waals surface area contributed by atoms with Gasteiger partial charge in [0.15, 0.2) is 0 Å². The zero-order valence-electron chi connectivity index (χ0n) is 9.85. The molecular weight excluding hydrogens is 398 g/mol. The predicted octanol–water partition coefficient (Wildman–Crippen LogP) is 2.36. The summed E-state index contributed by atoms with van der Waals surface area (Å²) < 4.78 is 2.32. The predicted molar refractivity (Wildman–Crippen MR) is 83.7 cm³/mol. The van der Waals surface area contributed by atoms with E-state index >= 15 is 0 Å². The fourth-order valence-corrected chi connectivity index (χ4v) is 2.30. The van der Waals surface area contributed by atoms with Gasteiger partial charge in [-0.15, -0.1) is 0 Å². The molecule has 0 saturated heterocycles. The van der Waals surface area contributed by atoms with Crippen LogP contribution in [-0.4, -0.2) is 29.5 Å². The topological polar surface area (TPSA) is 20.3 Å². The van der Waals surface area contributed by atoms with Crippen LogP contribution in [0.25, 0.3) is 0 Å². The van der Waals surface area contributed by atoms with E-state index in [1.165, 1.54) is 4.40 Å². The average Bonchev–Trinajstić information content (AvgIpc) is 2.39. The van der Waals surface area contributed by atoms with Crippen molar-refractivity contribution in [3.63, 3.8) is 0 Å². The molecule has 18 heavy (non-hydrogen) atoms. The number of carbonyl (C=O) groups is 1. The Bertz CT molecular complexity index is 551. The Kier molecular flexibility index (Phi) is 4.45. The van der Waals surface area contributed by atoms with Crippen molar-refractivity contribution in [1.82, 2.24) is 0 Å². The van der Waals surface area contributed by atoms with Crippen LogP contribution in [0, 0.1) is 3.57 Å². The van der Waals surface area contributed by atoms with Crippen LogP contribution in [0.2, 0.25) is 0 Å². The summed E-state index contributed by atoms with van der Waals surface area (Å²) in [5.41, 5.74) is 1.61. The second kappa shape index (κ2) is 5.88. The minimum atomic E-state index is 0.00949. The Balaban J connectivity index is 2.23. The number of carbonyl (C=O) groups excluding carboxylic acids is 1. The maximum absolute atomic E-state index is 12.3. The molecule has 0 unspecified atom stereocenters. The Morgan fingerprint density at radius 3 is 2.17 bits per heavy atom. The summed E-state index contributed by atoms with van der Waals surface area (Å²) in [5.74, 6) is 0.00949. The van der Waals surface area contributed by atoms with Gasteiger partial charge in [0.25, 0.3) is 0 Å². The number of hydrogen-bond acceptors (Lipinski definition) is 1. The number of benzene rings is 2. The van der Waals surface area contributed by atoms with E-state index in [1.807, 2.05) is 65.0 Å². The van der Waals surface area contributed by atoms with Gasteiger partial charge in [-0.1, -0.05) is 0 Å². The van der Waals surface area contributed by atoms with Crippen molar-refractivity contribution in [2.45, 2.75) is 0 Å². The molecule has 0 fully saturated rings. The van der Waals surface area contributed by atoms with Crippen molar-refractivity contribution < 1.29 is 4.79 Å². The van der Waals surface area contributed by atoms with Crippen LogP contribution in [0.3, 0.4) is 0 Å². The van der Waals surface area contributed by atoms with Gasteiger partial charge < -0.3 is 0 Å². The van der Waals surface area contributed by atoms with Crippen molar-refractivity contribution >= 4 is 55.1 Å². The Morgan fingerprint density at radius 2 is 1.61 bits per heavy atom. The molecule has 0 atom stereocenters. The van der Waals surface area contributed by atoms with Crippen LogP contribution >= 0.6 is 22.6 Å². The number of rotatable bonds is 2. The van der Waals surface area contributed by atoms with E-state index < -0.39 is 0 Å². The molecule has 2 aromatic carbocycles. The monoisotopic (exact) mass is 410 g/mol. The second-order valence-electron chi connectivity index (χ2n) is 3.92. The van der Waals surface area contributed by atoms with Crippen LogP contribution in [0.15, 0.2) is 48.5 Å². The molecule has 0 heterocycles. The van der Waals surface area contributed by atoms with Gasteiger partial charge in [0.1, 0.15) is 0 Å². The van der Waals surface area contributed by atoms with Gasteiger partial charge in [0.2, 0.25) is 0 Å². The third-order valence-corrected chi connectivity index (χ3v) is 4.07. The standard InChI is InChI=1S/C14H11GeINO/c1-17(13-8-4-11(15)5-9-13)14(18)10-2-6-12(16)7-3-10/h2-9H,1H3. The molecule has 2 aromatic rings. The van der Waals surface area contributed by atoms with Crippen LogP contribution in [0.1, 0.15) is 10.4 Å². The summed E-state index contributed by atoms with van der Waals surface area (Å²) in [4.78, 5) is 13.9. The normalized spacial score (nSPS) is 10.2. The maximum atomic E-state index is 12.3. The third kappa shape index (κ3) is 3.14. The minimum absolute atomic E-state index is 0.00949. The molecule has 89 valence electrons. The van der Waals surface area contributed by atoms with Crippen LogP contribution in [0.5, 0.6) is 0 Å². The van der Waals surface area contributed by atoms with E-state index in [-0.39, 0.29) is 5.91 Å². The molecule has 0 saturated carbocycles. The molecular formula is C14H11GeINO. The van der Waals surface area contributed by atoms with Gasteiger partial charge in [0.05, 0.1) is 0 Å². The summed E-state index contributed by atoms with van der Waals surface area (Å²) in [7, 11) is 1.80. The molecule has 2 nitrogen and oxygen atoms in total. The van der Waals surface area contributed by atoms with Crippen molar-refractivity contribution in [2.24, 2.45) is 0 Å². The summed E-state index contributed by atoms with van der Waals surface area (Å²) in [6.07, 6.45) is 0. The van der Waals surface area contributed by atoms with Crippen molar-refractivity contribution in [1.29, 1.82) is 0 Å². The molecule has 4 heteroatoms. The van der Waals surface area contributed by atoms with E-state index in [0.717, 1.165) is 9.26 Å². The number of anilines is 1. The number of halogens is 1. The summed E-state index contributed by atoms with van der Waals surface area (Å²) in [6.45, 7) is 0. The number of nitrogens with zero attached hydrogens (tertiary/aromatic N) is 1. The third-order valence-electron chi connectivity index (χ3n) is 2.65. The molecule has 0 N–H and O–H groups in total. The van der Waals surface area contributed by atoms with Gasteiger partial charge in [-0.05, 0) is 0 Å². The van der Waals surface area contributed by atoms with E-state index in [4.69, 9.17) is 0 Å². The molecule has 2 rings (SSSR count). The Labute approximate surface area is 129 Å². The van der Waals surface area contributed by atoms with E-state index in [0.29, 0.717) is 5.56 Å². The molecule has 0 aliphatic rings. The zero-order valence-corrected chi connectivity index (χ0v) is 14.1. The van der Waals surface area contributed by atoms with Gasteiger partial charge in [-0.3, -0.25) is 0 Å². The first-order chi connectivity index (χ1) is 8.58. The van der Waals surface area contributed by atoms with Crippen molar-refractivity contribution in [3.05, 3.63) is 57.7 Å².